The summed E-state index contributed by atoms with van der Waals surface area (Å²) in [7, 11) is 0. The maximum atomic E-state index is 14.3. The maximum Gasteiger partial charge on any atom is 0.308 e. The topological polar surface area (TPSA) is 111 Å². The molecule has 2 bridgehead atoms. The Kier molecular flexibility index (Phi) is 9.01. The predicted molar refractivity (Wildman–Crippen MR) is 138 cm³/mol. The van der Waals surface area contributed by atoms with Gasteiger partial charge in [0.2, 0.25) is 11.8 Å². The summed E-state index contributed by atoms with van der Waals surface area (Å²) in [5, 5.41) is 19.0. The van der Waals surface area contributed by atoms with Crippen molar-refractivity contribution in [1.29, 1.82) is 0 Å². The molecule has 2 amide bonds. The lowest BCUT2D eigenvalue weighted by atomic mass is 9.66. The molecule has 4 heterocycles. The summed E-state index contributed by atoms with van der Waals surface area (Å²) in [6.45, 7) is 11.2. The second-order valence-electron chi connectivity index (χ2n) is 10.6. The first-order valence-electron chi connectivity index (χ1n) is 13.4. The van der Waals surface area contributed by atoms with Crippen molar-refractivity contribution in [3.63, 3.8) is 0 Å². The number of aliphatic carboxylic acids is 1. The van der Waals surface area contributed by atoms with E-state index in [9.17, 15) is 19.5 Å². The van der Waals surface area contributed by atoms with Crippen LogP contribution >= 0.6 is 11.8 Å². The van der Waals surface area contributed by atoms with Crippen LogP contribution in [-0.2, 0) is 19.1 Å². The van der Waals surface area contributed by atoms with Crippen LogP contribution in [0, 0.1) is 17.8 Å². The number of likely N-dealkylation sites (tertiary alicyclic amines) is 1. The van der Waals surface area contributed by atoms with Crippen molar-refractivity contribution in [3.8, 4) is 0 Å². The number of thioether (sulfide) groups is 1. The molecule has 9 nitrogen and oxygen atoms in total. The third kappa shape index (κ3) is 4.93. The number of rotatable bonds is 13. The van der Waals surface area contributed by atoms with E-state index in [2.05, 4.69) is 18.4 Å². The molecule has 4 saturated heterocycles. The number of nitrogens with zero attached hydrogens (tertiary/aromatic N) is 3. The van der Waals surface area contributed by atoms with E-state index in [1.54, 1.807) is 22.7 Å². The first-order chi connectivity index (χ1) is 17.4. The van der Waals surface area contributed by atoms with Gasteiger partial charge in [-0.3, -0.25) is 19.3 Å². The molecule has 0 aromatic carbocycles. The second kappa shape index (κ2) is 11.8. The normalized spacial score (nSPS) is 33.7. The van der Waals surface area contributed by atoms with Crippen LogP contribution in [0.15, 0.2) is 12.7 Å². The molecule has 0 aromatic rings. The molecule has 0 aromatic heterocycles. The lowest BCUT2D eigenvalue weighted by Crippen LogP contribution is -2.58. The Bertz CT molecular complexity index is 836. The van der Waals surface area contributed by atoms with Crippen molar-refractivity contribution in [3.05, 3.63) is 12.7 Å². The summed E-state index contributed by atoms with van der Waals surface area (Å²) in [5.74, 6) is -2.50. The minimum absolute atomic E-state index is 0.0789. The minimum atomic E-state index is -0.925. The van der Waals surface area contributed by atoms with Crippen molar-refractivity contribution < 1.29 is 29.3 Å². The zero-order valence-electron chi connectivity index (χ0n) is 21.3. The molecule has 10 heteroatoms. The fourth-order valence-corrected chi connectivity index (χ4v) is 9.19. The molecular formula is C26H41N3O6S. The van der Waals surface area contributed by atoms with Gasteiger partial charge in [0.15, 0.2) is 0 Å². The van der Waals surface area contributed by atoms with Gasteiger partial charge in [-0.25, -0.2) is 0 Å². The highest BCUT2D eigenvalue weighted by Gasteiger charge is 2.76. The van der Waals surface area contributed by atoms with Crippen LogP contribution in [-0.4, -0.2) is 118 Å². The van der Waals surface area contributed by atoms with Gasteiger partial charge in [-0.2, -0.15) is 0 Å². The number of carboxylic acid groups (broad SMARTS) is 1. The number of aliphatic hydroxyl groups excluding tert-OH is 1. The summed E-state index contributed by atoms with van der Waals surface area (Å²) < 4.78 is 4.74. The van der Waals surface area contributed by atoms with Gasteiger partial charge in [-0.05, 0) is 25.2 Å². The highest BCUT2D eigenvalue weighted by Crippen LogP contribution is 2.68. The van der Waals surface area contributed by atoms with Crippen molar-refractivity contribution in [2.24, 2.45) is 17.8 Å². The number of ether oxygens (including phenoxy) is 1. The van der Waals surface area contributed by atoms with Crippen molar-refractivity contribution >= 4 is 29.5 Å². The number of fused-ring (bicyclic) bond motifs is 1. The number of aliphatic hydroxyl groups is 1. The summed E-state index contributed by atoms with van der Waals surface area (Å²) in [5.41, 5.74) is 0. The molecule has 2 N–H and O–H groups in total. The van der Waals surface area contributed by atoms with E-state index in [0.29, 0.717) is 39.3 Å². The molecule has 4 rings (SSSR count). The van der Waals surface area contributed by atoms with Crippen LogP contribution < -0.4 is 0 Å². The van der Waals surface area contributed by atoms with Gasteiger partial charge in [0.25, 0.3) is 0 Å². The number of unbranched alkanes of at least 4 members (excludes halogenated alkanes) is 3. The largest absolute Gasteiger partial charge is 0.481 e. The summed E-state index contributed by atoms with van der Waals surface area (Å²) in [6, 6.07) is -0.660. The predicted octanol–water partition coefficient (Wildman–Crippen LogP) is 1.31. The number of hydrogen-bond donors (Lipinski definition) is 2. The summed E-state index contributed by atoms with van der Waals surface area (Å²) in [4.78, 5) is 46.2. The molecule has 6 atom stereocenters. The van der Waals surface area contributed by atoms with Gasteiger partial charge < -0.3 is 24.7 Å². The molecule has 202 valence electrons. The van der Waals surface area contributed by atoms with Gasteiger partial charge in [-0.1, -0.05) is 25.8 Å². The van der Waals surface area contributed by atoms with Crippen LogP contribution in [0.3, 0.4) is 0 Å². The van der Waals surface area contributed by atoms with E-state index in [0.717, 1.165) is 45.3 Å². The van der Waals surface area contributed by atoms with Crippen LogP contribution in [0.1, 0.15) is 39.0 Å². The molecule has 4 fully saturated rings. The van der Waals surface area contributed by atoms with Crippen LogP contribution in [0.4, 0.5) is 0 Å². The number of hydrogen-bond acceptors (Lipinski definition) is 7. The van der Waals surface area contributed by atoms with E-state index in [4.69, 9.17) is 9.84 Å². The van der Waals surface area contributed by atoms with Crippen molar-refractivity contribution in [1.82, 2.24) is 14.7 Å². The molecule has 0 radical (unpaired) electrons. The Morgan fingerprint density at radius 2 is 1.94 bits per heavy atom. The summed E-state index contributed by atoms with van der Waals surface area (Å²) >= 11 is 1.59. The zero-order valence-corrected chi connectivity index (χ0v) is 22.2. The zero-order chi connectivity index (χ0) is 25.9. The van der Waals surface area contributed by atoms with Gasteiger partial charge in [-0.15, -0.1) is 18.3 Å². The fourth-order valence-electron chi connectivity index (χ4n) is 6.78. The Hall–Kier alpha value is -1.62. The monoisotopic (exact) mass is 523 g/mol. The molecule has 4 aliphatic heterocycles. The second-order valence-corrected chi connectivity index (χ2v) is 12.1. The van der Waals surface area contributed by atoms with Crippen molar-refractivity contribution in [2.45, 2.75) is 55.1 Å². The Labute approximate surface area is 218 Å². The first-order valence-corrected chi connectivity index (χ1v) is 14.3. The molecule has 3 unspecified atom stereocenters. The molecule has 4 aliphatic rings. The van der Waals surface area contributed by atoms with E-state index < -0.39 is 28.6 Å². The SMILES string of the molecule is C=CCN(CCN1CCOCC1)C(=O)C1N(CCCCCCO)C(=O)[C@@H]2[C@H](C(=O)O)[C@@H]3CC(C)C12S3. The number of carbonyl (C=O) groups is 3. The lowest BCUT2D eigenvalue weighted by molar-refractivity contribution is -0.149. The van der Waals surface area contributed by atoms with Gasteiger partial charge >= 0.3 is 5.97 Å². The first kappa shape index (κ1) is 27.4. The minimum Gasteiger partial charge on any atom is -0.481 e. The lowest BCUT2D eigenvalue weighted by Gasteiger charge is -2.40. The van der Waals surface area contributed by atoms with Crippen LogP contribution in [0.25, 0.3) is 0 Å². The average Bonchev–Trinajstić information content (AvgIpc) is 3.45. The smallest absolute Gasteiger partial charge is 0.308 e. The van der Waals surface area contributed by atoms with Crippen LogP contribution in [0.5, 0.6) is 0 Å². The summed E-state index contributed by atoms with van der Waals surface area (Å²) in [6.07, 6.45) is 5.60. The van der Waals surface area contributed by atoms with Gasteiger partial charge in [0.05, 0.1) is 29.8 Å². The van der Waals surface area contributed by atoms with Crippen molar-refractivity contribution in [2.75, 3.05) is 59.1 Å². The molecule has 0 aliphatic carbocycles. The maximum absolute atomic E-state index is 14.3. The quantitative estimate of drug-likeness (QED) is 0.275. The number of carboxylic acids is 1. The van der Waals surface area contributed by atoms with E-state index in [-0.39, 0.29) is 29.6 Å². The third-order valence-corrected chi connectivity index (χ3v) is 10.6. The Morgan fingerprint density at radius 3 is 2.61 bits per heavy atom. The van der Waals surface area contributed by atoms with Gasteiger partial charge in [0.1, 0.15) is 6.04 Å². The highest BCUT2D eigenvalue weighted by atomic mass is 32.2. The number of amides is 2. The van der Waals surface area contributed by atoms with E-state index in [1.165, 1.54) is 0 Å². The molecule has 0 saturated carbocycles. The fraction of sp³-hybridized carbons (Fsp3) is 0.808. The third-order valence-electron chi connectivity index (χ3n) is 8.52. The Balaban J connectivity index is 1.60. The molecular weight excluding hydrogens is 482 g/mol. The highest BCUT2D eigenvalue weighted by molar-refractivity contribution is 8.02. The Morgan fingerprint density at radius 1 is 1.22 bits per heavy atom. The molecule has 36 heavy (non-hydrogen) atoms. The number of carbonyl (C=O) groups excluding carboxylic acids is 2. The number of morpholine rings is 1. The standard InChI is InChI=1S/C26H41N3O6S/c1-3-8-28(11-10-27-12-15-35-16-13-27)24(32)22-26-18(2)17-19(36-26)20(25(33)34)21(26)23(31)29(22)9-6-4-5-7-14-30/h3,18-22,30H,1,4-17H2,2H3,(H,33,34)/t18?,19-,20+,21-,22?,26?/m0/s1. The van der Waals surface area contributed by atoms with E-state index in [1.807, 2.05) is 4.90 Å². The van der Waals surface area contributed by atoms with Gasteiger partial charge in [0, 0.05) is 51.1 Å². The van der Waals surface area contributed by atoms with E-state index >= 15 is 0 Å². The molecule has 1 spiro atoms. The average molecular weight is 524 g/mol. The van der Waals surface area contributed by atoms with Crippen LogP contribution in [0.2, 0.25) is 0 Å².